The molecule has 22 heavy (non-hydrogen) atoms. The first kappa shape index (κ1) is 14.3. The van der Waals surface area contributed by atoms with Crippen LogP contribution < -0.4 is 4.90 Å². The van der Waals surface area contributed by atoms with E-state index in [-0.39, 0.29) is 11.7 Å². The number of fused-ring (bicyclic) bond motifs is 1. The molecule has 3 rings (SSSR count). The summed E-state index contributed by atoms with van der Waals surface area (Å²) in [5.41, 5.74) is 2.16. The highest BCUT2D eigenvalue weighted by Gasteiger charge is 2.23. The highest BCUT2D eigenvalue weighted by molar-refractivity contribution is 6.07. The van der Waals surface area contributed by atoms with E-state index in [9.17, 15) is 9.18 Å². The molecule has 0 aliphatic carbocycles. The molecule has 1 heterocycles. The van der Waals surface area contributed by atoms with Crippen molar-refractivity contribution in [3.05, 3.63) is 65.7 Å². The average molecular weight is 297 g/mol. The van der Waals surface area contributed by atoms with Crippen molar-refractivity contribution in [3.8, 4) is 0 Å². The third-order valence-corrected chi connectivity index (χ3v) is 3.74. The minimum atomic E-state index is -0.327. The van der Waals surface area contributed by atoms with Crippen molar-refractivity contribution in [3.63, 3.8) is 0 Å². The lowest BCUT2D eigenvalue weighted by Crippen LogP contribution is -2.30. The molecule has 0 spiro atoms. The van der Waals surface area contributed by atoms with Crippen molar-refractivity contribution >= 4 is 22.6 Å². The van der Waals surface area contributed by atoms with Gasteiger partial charge in [0, 0.05) is 23.2 Å². The zero-order valence-electron chi connectivity index (χ0n) is 12.5. The molecule has 0 saturated carbocycles. The molecule has 0 unspecified atom stereocenters. The Morgan fingerprint density at radius 2 is 1.82 bits per heavy atom. The van der Waals surface area contributed by atoms with Crippen LogP contribution in [-0.2, 0) is 0 Å². The molecular formula is C18H16FNO2. The molecule has 2 aromatic carbocycles. The molecule has 0 atom stereocenters. The van der Waals surface area contributed by atoms with Crippen LogP contribution >= 0.6 is 0 Å². The Hall–Kier alpha value is -2.62. The number of furan rings is 1. The van der Waals surface area contributed by atoms with Crippen LogP contribution in [0.15, 0.2) is 52.9 Å². The number of anilines is 1. The van der Waals surface area contributed by atoms with Crippen LogP contribution in [0.5, 0.6) is 0 Å². The summed E-state index contributed by atoms with van der Waals surface area (Å²) in [5, 5.41) is 0.931. The van der Waals surface area contributed by atoms with Gasteiger partial charge in [-0.2, -0.15) is 0 Å². The lowest BCUT2D eigenvalue weighted by molar-refractivity contribution is 0.0963. The van der Waals surface area contributed by atoms with Gasteiger partial charge in [0.25, 0.3) is 5.91 Å². The summed E-state index contributed by atoms with van der Waals surface area (Å²) >= 11 is 0. The summed E-state index contributed by atoms with van der Waals surface area (Å²) in [6, 6.07) is 13.4. The van der Waals surface area contributed by atoms with Crippen molar-refractivity contribution in [2.75, 3.05) is 11.4 Å². The van der Waals surface area contributed by atoms with Crippen LogP contribution in [-0.4, -0.2) is 12.5 Å². The first-order valence-corrected chi connectivity index (χ1v) is 7.17. The molecule has 3 nitrogen and oxygen atoms in total. The summed E-state index contributed by atoms with van der Waals surface area (Å²) in [6.45, 7) is 4.22. The van der Waals surface area contributed by atoms with E-state index in [1.807, 2.05) is 38.1 Å². The summed E-state index contributed by atoms with van der Waals surface area (Å²) in [6.07, 6.45) is 0. The van der Waals surface area contributed by atoms with Gasteiger partial charge in [0.05, 0.1) is 0 Å². The third kappa shape index (κ3) is 2.37. The molecule has 1 aromatic heterocycles. The van der Waals surface area contributed by atoms with E-state index < -0.39 is 0 Å². The first-order chi connectivity index (χ1) is 10.6. The van der Waals surface area contributed by atoms with Crippen LogP contribution in [0, 0.1) is 12.7 Å². The van der Waals surface area contributed by atoms with Crippen LogP contribution in [0.4, 0.5) is 10.1 Å². The molecule has 0 fully saturated rings. The molecule has 0 N–H and O–H groups in total. The Kier molecular flexibility index (Phi) is 3.67. The maximum absolute atomic E-state index is 13.1. The van der Waals surface area contributed by atoms with Gasteiger partial charge in [-0.3, -0.25) is 4.79 Å². The number of nitrogens with zero attached hydrogens (tertiary/aromatic N) is 1. The molecule has 0 aliphatic rings. The summed E-state index contributed by atoms with van der Waals surface area (Å²) in [7, 11) is 0. The van der Waals surface area contributed by atoms with Crippen LogP contribution in [0.25, 0.3) is 11.0 Å². The van der Waals surface area contributed by atoms with E-state index >= 15 is 0 Å². The van der Waals surface area contributed by atoms with Crippen LogP contribution in [0.1, 0.15) is 23.0 Å². The van der Waals surface area contributed by atoms with Crippen LogP contribution in [0.2, 0.25) is 0 Å². The highest BCUT2D eigenvalue weighted by Crippen LogP contribution is 2.27. The largest absolute Gasteiger partial charge is 0.451 e. The minimum Gasteiger partial charge on any atom is -0.451 e. The standard InChI is InChI=1S/C18H16FNO2/c1-3-20(14-10-8-13(19)9-11-14)18(21)17-12(2)15-6-4-5-7-16(15)22-17/h4-11H,3H2,1-2H3. The number of rotatable bonds is 3. The maximum Gasteiger partial charge on any atom is 0.294 e. The minimum absolute atomic E-state index is 0.220. The molecule has 0 aliphatic heterocycles. The molecule has 3 aromatic rings. The van der Waals surface area contributed by atoms with Gasteiger partial charge in [-0.25, -0.2) is 4.39 Å². The zero-order chi connectivity index (χ0) is 15.7. The fraction of sp³-hybridized carbons (Fsp3) is 0.167. The smallest absolute Gasteiger partial charge is 0.294 e. The Morgan fingerprint density at radius 3 is 2.45 bits per heavy atom. The quantitative estimate of drug-likeness (QED) is 0.710. The van der Waals surface area contributed by atoms with E-state index in [0.717, 1.165) is 10.9 Å². The number of halogens is 1. The van der Waals surface area contributed by atoms with Gasteiger partial charge in [0.15, 0.2) is 5.76 Å². The van der Waals surface area contributed by atoms with E-state index in [1.165, 1.54) is 12.1 Å². The number of hydrogen-bond donors (Lipinski definition) is 0. The normalized spacial score (nSPS) is 10.9. The number of benzene rings is 2. The predicted molar refractivity (Wildman–Crippen MR) is 84.7 cm³/mol. The SMILES string of the molecule is CCN(C(=O)c1oc2ccccc2c1C)c1ccc(F)cc1. The van der Waals surface area contributed by atoms with Gasteiger partial charge < -0.3 is 9.32 Å². The lowest BCUT2D eigenvalue weighted by Gasteiger charge is -2.20. The molecular weight excluding hydrogens is 281 g/mol. The van der Waals surface area contributed by atoms with Gasteiger partial charge in [0.1, 0.15) is 11.4 Å². The number of hydrogen-bond acceptors (Lipinski definition) is 2. The fourth-order valence-electron chi connectivity index (χ4n) is 2.57. The monoisotopic (exact) mass is 297 g/mol. The van der Waals surface area contributed by atoms with Crippen LogP contribution in [0.3, 0.4) is 0 Å². The summed E-state index contributed by atoms with van der Waals surface area (Å²) < 4.78 is 18.8. The molecule has 1 amide bonds. The Morgan fingerprint density at radius 1 is 1.14 bits per heavy atom. The highest BCUT2D eigenvalue weighted by atomic mass is 19.1. The Balaban J connectivity index is 2.03. The van der Waals surface area contributed by atoms with Gasteiger partial charge in [-0.15, -0.1) is 0 Å². The number of carbonyl (C=O) groups is 1. The second kappa shape index (κ2) is 5.64. The van der Waals surface area contributed by atoms with E-state index in [4.69, 9.17) is 4.42 Å². The molecule has 4 heteroatoms. The van der Waals surface area contributed by atoms with Crippen molar-refractivity contribution in [2.24, 2.45) is 0 Å². The molecule has 0 radical (unpaired) electrons. The third-order valence-electron chi connectivity index (χ3n) is 3.74. The van der Waals surface area contributed by atoms with Crippen molar-refractivity contribution < 1.29 is 13.6 Å². The zero-order valence-corrected chi connectivity index (χ0v) is 12.5. The van der Waals surface area contributed by atoms with Gasteiger partial charge in [-0.05, 0) is 44.2 Å². The van der Waals surface area contributed by atoms with E-state index in [2.05, 4.69) is 0 Å². The van der Waals surface area contributed by atoms with Gasteiger partial charge in [-0.1, -0.05) is 18.2 Å². The Labute approximate surface area is 128 Å². The fourth-order valence-corrected chi connectivity index (χ4v) is 2.57. The number of aryl methyl sites for hydroxylation is 1. The van der Waals surface area contributed by atoms with E-state index in [0.29, 0.717) is 23.6 Å². The van der Waals surface area contributed by atoms with E-state index in [1.54, 1.807) is 17.0 Å². The molecule has 0 bridgehead atoms. The number of carbonyl (C=O) groups excluding carboxylic acids is 1. The molecule has 0 saturated heterocycles. The maximum atomic E-state index is 13.1. The lowest BCUT2D eigenvalue weighted by atomic mass is 10.1. The van der Waals surface area contributed by atoms with Crippen molar-refractivity contribution in [1.29, 1.82) is 0 Å². The summed E-state index contributed by atoms with van der Waals surface area (Å²) in [5.74, 6) is -0.220. The van der Waals surface area contributed by atoms with Crippen molar-refractivity contribution in [2.45, 2.75) is 13.8 Å². The van der Waals surface area contributed by atoms with Gasteiger partial charge in [0.2, 0.25) is 0 Å². The Bertz CT molecular complexity index is 821. The second-order valence-corrected chi connectivity index (χ2v) is 5.08. The predicted octanol–water partition coefficient (Wildman–Crippen LogP) is 4.55. The van der Waals surface area contributed by atoms with Gasteiger partial charge >= 0.3 is 0 Å². The average Bonchev–Trinajstić information content (AvgIpc) is 2.87. The summed E-state index contributed by atoms with van der Waals surface area (Å²) in [4.78, 5) is 14.4. The first-order valence-electron chi connectivity index (χ1n) is 7.17. The van der Waals surface area contributed by atoms with Crippen molar-refractivity contribution in [1.82, 2.24) is 0 Å². The number of para-hydroxylation sites is 1. The molecule has 112 valence electrons. The number of amides is 1. The second-order valence-electron chi connectivity index (χ2n) is 5.08. The topological polar surface area (TPSA) is 33.5 Å².